The summed E-state index contributed by atoms with van der Waals surface area (Å²) in [6.45, 7) is 4.75. The highest BCUT2D eigenvalue weighted by Crippen LogP contribution is 1.91. The Bertz CT molecular complexity index is 200. The summed E-state index contributed by atoms with van der Waals surface area (Å²) >= 11 is 0. The van der Waals surface area contributed by atoms with Gasteiger partial charge >= 0.3 is 15.1 Å². The van der Waals surface area contributed by atoms with Gasteiger partial charge < -0.3 is 14.0 Å². The van der Waals surface area contributed by atoms with Gasteiger partial charge in [0, 0.05) is 5.57 Å². The summed E-state index contributed by atoms with van der Waals surface area (Å²) in [6, 6.07) is 0. The maximum Gasteiger partial charge on any atom is 0.764 e. The zero-order valence-corrected chi connectivity index (χ0v) is 7.70. The van der Waals surface area contributed by atoms with Crippen molar-refractivity contribution in [2.75, 3.05) is 13.2 Å². The van der Waals surface area contributed by atoms with Gasteiger partial charge in [-0.15, -0.1) is 0 Å². The van der Waals surface area contributed by atoms with Crippen molar-refractivity contribution in [1.82, 2.24) is 0 Å². The predicted molar refractivity (Wildman–Crippen MR) is 40.4 cm³/mol. The molecule has 0 fully saturated rings. The molecule has 0 radical (unpaired) electrons. The number of hydrogen-bond acceptors (Lipinski definition) is 4. The summed E-state index contributed by atoms with van der Waals surface area (Å²) < 4.78 is 18.8. The molecule has 0 aromatic carbocycles. The average Bonchev–Trinajstić information content (AvgIpc) is 1.97. The van der Waals surface area contributed by atoms with Crippen LogP contribution in [0.15, 0.2) is 12.2 Å². The van der Waals surface area contributed by atoms with Crippen LogP contribution in [0.2, 0.25) is 0 Å². The molecule has 12 heavy (non-hydrogen) atoms. The van der Waals surface area contributed by atoms with E-state index in [1.54, 1.807) is 0 Å². The fourth-order valence-electron chi connectivity index (χ4n) is 0.387. The first kappa shape index (κ1) is 10.8. The van der Waals surface area contributed by atoms with E-state index in [2.05, 4.69) is 15.7 Å². The zero-order valence-electron chi connectivity index (χ0n) is 6.70. The highest BCUT2D eigenvalue weighted by Gasteiger charge is 2.05. The number of rotatable bonds is 5. The molecule has 5 nitrogen and oxygen atoms in total. The summed E-state index contributed by atoms with van der Waals surface area (Å²) in [5.41, 5.74) is 0.284. The Balaban J connectivity index is 3.38. The number of hydrogen-bond donors (Lipinski definition) is 1. The Kier molecular flexibility index (Phi) is 4.94. The Morgan fingerprint density at radius 2 is 2.17 bits per heavy atom. The SMILES string of the molecule is C=C(C)C(=O)OCCO[Si](=O)O. The van der Waals surface area contributed by atoms with Gasteiger partial charge in [0.2, 0.25) is 0 Å². The lowest BCUT2D eigenvalue weighted by Crippen LogP contribution is -2.14. The van der Waals surface area contributed by atoms with Crippen molar-refractivity contribution in [3.05, 3.63) is 12.2 Å². The van der Waals surface area contributed by atoms with Crippen LogP contribution >= 0.6 is 0 Å². The Morgan fingerprint density at radius 3 is 2.58 bits per heavy atom. The van der Waals surface area contributed by atoms with Crippen molar-refractivity contribution < 1.29 is 23.2 Å². The van der Waals surface area contributed by atoms with Gasteiger partial charge in [-0.1, -0.05) is 6.58 Å². The van der Waals surface area contributed by atoms with Gasteiger partial charge in [-0.25, -0.2) is 4.79 Å². The molecule has 0 rings (SSSR count). The van der Waals surface area contributed by atoms with E-state index in [1.807, 2.05) is 0 Å². The molecule has 0 aliphatic heterocycles. The topological polar surface area (TPSA) is 72.8 Å². The smallest absolute Gasteiger partial charge is 0.511 e. The second-order valence-electron chi connectivity index (χ2n) is 2.03. The number of ether oxygens (including phenoxy) is 1. The zero-order chi connectivity index (χ0) is 9.56. The second-order valence-corrected chi connectivity index (χ2v) is 2.85. The molecule has 0 atom stereocenters. The van der Waals surface area contributed by atoms with Crippen molar-refractivity contribution in [2.24, 2.45) is 0 Å². The van der Waals surface area contributed by atoms with Crippen LogP contribution in [-0.2, 0) is 18.4 Å². The first-order valence-corrected chi connectivity index (χ1v) is 4.48. The highest BCUT2D eigenvalue weighted by molar-refractivity contribution is 6.24. The van der Waals surface area contributed by atoms with E-state index in [-0.39, 0.29) is 18.8 Å². The molecule has 0 aromatic heterocycles. The van der Waals surface area contributed by atoms with E-state index in [0.29, 0.717) is 0 Å². The quantitative estimate of drug-likeness (QED) is 0.274. The van der Waals surface area contributed by atoms with Crippen molar-refractivity contribution >= 4 is 15.1 Å². The minimum absolute atomic E-state index is 0.0390. The summed E-state index contributed by atoms with van der Waals surface area (Å²) in [5.74, 6) is -0.531. The van der Waals surface area contributed by atoms with Gasteiger partial charge in [-0.3, -0.25) is 4.46 Å². The summed E-state index contributed by atoms with van der Waals surface area (Å²) in [5, 5.41) is 0. The van der Waals surface area contributed by atoms with Crippen molar-refractivity contribution in [1.29, 1.82) is 0 Å². The molecule has 0 aromatic rings. The number of carbonyl (C=O) groups excluding carboxylic acids is 1. The minimum Gasteiger partial charge on any atom is -0.511 e. The molecule has 0 aliphatic rings. The lowest BCUT2D eigenvalue weighted by atomic mass is 10.4. The molecule has 1 N–H and O–H groups in total. The van der Waals surface area contributed by atoms with Gasteiger partial charge in [0.1, 0.15) is 13.2 Å². The average molecular weight is 190 g/mol. The molecule has 0 spiro atoms. The molecule has 0 saturated heterocycles. The third-order valence-corrected chi connectivity index (χ3v) is 1.34. The van der Waals surface area contributed by atoms with E-state index < -0.39 is 15.1 Å². The first-order chi connectivity index (χ1) is 5.54. The number of esters is 1. The van der Waals surface area contributed by atoms with Crippen LogP contribution in [0.1, 0.15) is 6.92 Å². The van der Waals surface area contributed by atoms with Gasteiger partial charge in [0.25, 0.3) is 0 Å². The van der Waals surface area contributed by atoms with Gasteiger partial charge in [-0.05, 0) is 6.92 Å². The molecule has 0 saturated carbocycles. The van der Waals surface area contributed by atoms with Crippen LogP contribution < -0.4 is 0 Å². The highest BCUT2D eigenvalue weighted by atomic mass is 28.3. The van der Waals surface area contributed by atoms with E-state index >= 15 is 0 Å². The lowest BCUT2D eigenvalue weighted by Gasteiger charge is -2.02. The molecule has 0 bridgehead atoms. The maximum atomic E-state index is 10.7. The molecule has 68 valence electrons. The fourth-order valence-corrected chi connectivity index (χ4v) is 0.644. The second kappa shape index (κ2) is 5.47. The third kappa shape index (κ3) is 5.60. The van der Waals surface area contributed by atoms with Crippen LogP contribution in [0.3, 0.4) is 0 Å². The van der Waals surface area contributed by atoms with Gasteiger partial charge in [0.15, 0.2) is 0 Å². The third-order valence-electron chi connectivity index (χ3n) is 0.890. The van der Waals surface area contributed by atoms with E-state index in [0.717, 1.165) is 0 Å². The largest absolute Gasteiger partial charge is 0.764 e. The van der Waals surface area contributed by atoms with Crippen LogP contribution in [0, 0.1) is 0 Å². The normalized spacial score (nSPS) is 8.75. The maximum absolute atomic E-state index is 10.7. The standard InChI is InChI=1S/C6H10O5Si/c1-5(2)6(7)10-3-4-11-12(8)9/h8H,1,3-4H2,2H3. The van der Waals surface area contributed by atoms with Gasteiger partial charge in [0.05, 0.1) is 0 Å². The molecule has 0 heterocycles. The van der Waals surface area contributed by atoms with E-state index in [1.165, 1.54) is 6.92 Å². The van der Waals surface area contributed by atoms with Crippen molar-refractivity contribution in [3.8, 4) is 0 Å². The molecular formula is C6H10O5Si. The lowest BCUT2D eigenvalue weighted by molar-refractivity contribution is -0.139. The molecule has 0 aliphatic carbocycles. The summed E-state index contributed by atoms with van der Waals surface area (Å²) in [6.07, 6.45) is 0. The summed E-state index contributed by atoms with van der Waals surface area (Å²) in [7, 11) is -2.92. The Labute approximate surface area is 71.5 Å². The first-order valence-electron chi connectivity index (χ1n) is 3.22. The van der Waals surface area contributed by atoms with Crippen LogP contribution in [0.25, 0.3) is 0 Å². The van der Waals surface area contributed by atoms with E-state index in [4.69, 9.17) is 4.80 Å². The molecule has 0 unspecified atom stereocenters. The minimum atomic E-state index is -2.92. The van der Waals surface area contributed by atoms with Crippen LogP contribution in [0.4, 0.5) is 0 Å². The fraction of sp³-hybridized carbons (Fsp3) is 0.500. The number of carbonyl (C=O) groups is 1. The van der Waals surface area contributed by atoms with Gasteiger partial charge in [-0.2, -0.15) is 0 Å². The molecule has 0 amide bonds. The predicted octanol–water partition coefficient (Wildman–Crippen LogP) is -0.470. The Hall–Kier alpha value is -1.17. The molecular weight excluding hydrogens is 180 g/mol. The van der Waals surface area contributed by atoms with E-state index in [9.17, 15) is 9.26 Å². The van der Waals surface area contributed by atoms with Crippen LogP contribution in [0.5, 0.6) is 0 Å². The monoisotopic (exact) mass is 190 g/mol. The molecule has 6 heteroatoms. The summed E-state index contributed by atoms with van der Waals surface area (Å²) in [4.78, 5) is 18.9. The van der Waals surface area contributed by atoms with Crippen molar-refractivity contribution in [3.63, 3.8) is 0 Å². The van der Waals surface area contributed by atoms with Crippen LogP contribution in [-0.4, -0.2) is 33.1 Å². The van der Waals surface area contributed by atoms with Crippen molar-refractivity contribution in [2.45, 2.75) is 6.92 Å². The Morgan fingerprint density at radius 1 is 1.58 bits per heavy atom.